The number of nitrogens with zero attached hydrogens (tertiary/aromatic N) is 4. The number of nitrogens with one attached hydrogen (secondary N) is 1. The fourth-order valence-electron chi connectivity index (χ4n) is 2.04. The summed E-state index contributed by atoms with van der Waals surface area (Å²) in [6.45, 7) is 0.350. The van der Waals surface area contributed by atoms with E-state index in [0.29, 0.717) is 18.1 Å². The van der Waals surface area contributed by atoms with Gasteiger partial charge in [0.1, 0.15) is 18.4 Å². The second-order valence-corrected chi connectivity index (χ2v) is 5.01. The molecule has 0 amide bonds. The highest BCUT2D eigenvalue weighted by atomic mass is 32.2. The topological polar surface area (TPSA) is 102 Å². The number of nitro groups is 1. The van der Waals surface area contributed by atoms with Crippen LogP contribution in [0.15, 0.2) is 41.9 Å². The van der Waals surface area contributed by atoms with Crippen LogP contribution < -0.4 is 10.7 Å². The van der Waals surface area contributed by atoms with Crippen molar-refractivity contribution in [2.75, 3.05) is 0 Å². The first-order chi connectivity index (χ1) is 10.2. The zero-order valence-electron chi connectivity index (χ0n) is 10.8. The maximum Gasteiger partial charge on any atom is 0.343 e. The van der Waals surface area contributed by atoms with E-state index in [1.165, 1.54) is 27.8 Å². The minimum absolute atomic E-state index is 0.0694. The second kappa shape index (κ2) is 5.56. The van der Waals surface area contributed by atoms with Crippen molar-refractivity contribution in [2.45, 2.75) is 6.54 Å². The summed E-state index contributed by atoms with van der Waals surface area (Å²) in [5.74, 6) is 6.15. The summed E-state index contributed by atoms with van der Waals surface area (Å²) in [5.41, 5.74) is 1.53. The summed E-state index contributed by atoms with van der Waals surface area (Å²) in [5, 5.41) is 14.2. The van der Waals surface area contributed by atoms with Gasteiger partial charge in [-0.3, -0.25) is 0 Å². The first-order valence-corrected chi connectivity index (χ1v) is 6.95. The van der Waals surface area contributed by atoms with Crippen LogP contribution in [0, 0.1) is 10.1 Å². The summed E-state index contributed by atoms with van der Waals surface area (Å²) in [6.07, 6.45) is 1.25. The molecule has 0 fully saturated rings. The molecule has 2 heterocycles. The van der Waals surface area contributed by atoms with Gasteiger partial charge in [-0.2, -0.15) is 4.83 Å². The Morgan fingerprint density at radius 3 is 2.76 bits per heavy atom. The van der Waals surface area contributed by atoms with E-state index in [2.05, 4.69) is 9.82 Å². The Labute approximate surface area is 124 Å². The first kappa shape index (κ1) is 13.6. The molecule has 1 aliphatic rings. The van der Waals surface area contributed by atoms with Crippen LogP contribution in [0.2, 0.25) is 0 Å². The average Bonchev–Trinajstić information content (AvgIpc) is 3.06. The van der Waals surface area contributed by atoms with Gasteiger partial charge in [-0.25, -0.2) is 20.5 Å². The molecule has 0 bridgehead atoms. The van der Waals surface area contributed by atoms with E-state index in [4.69, 9.17) is 5.84 Å². The minimum atomic E-state index is -0.448. The van der Waals surface area contributed by atoms with Crippen molar-refractivity contribution in [1.82, 2.24) is 19.5 Å². The highest BCUT2D eigenvalue weighted by Gasteiger charge is 2.27. The molecule has 3 rings (SSSR count). The van der Waals surface area contributed by atoms with Gasteiger partial charge in [0.25, 0.3) is 0 Å². The molecule has 0 spiro atoms. The van der Waals surface area contributed by atoms with Crippen LogP contribution in [0.5, 0.6) is 0 Å². The molecule has 0 saturated heterocycles. The van der Waals surface area contributed by atoms with E-state index in [9.17, 15) is 10.1 Å². The van der Waals surface area contributed by atoms with E-state index < -0.39 is 4.92 Å². The predicted octanol–water partition coefficient (Wildman–Crippen LogP) is 1.48. The van der Waals surface area contributed by atoms with Crippen molar-refractivity contribution in [3.63, 3.8) is 0 Å². The van der Waals surface area contributed by atoms with Crippen LogP contribution in [0.4, 0.5) is 5.82 Å². The quantitative estimate of drug-likeness (QED) is 0.382. The standard InChI is InChI=1S/C12H12N6O2S/c13-17-10(8-21-15-17)12-14-6-11(18(19)20)16(12)7-9-4-2-1-3-5-9/h1-6,8,15H,7,13H2. The van der Waals surface area contributed by atoms with Crippen molar-refractivity contribution in [3.05, 3.63) is 63.4 Å². The maximum absolute atomic E-state index is 11.2. The smallest absolute Gasteiger partial charge is 0.343 e. The fraction of sp³-hybridized carbons (Fsp3) is 0.0833. The lowest BCUT2D eigenvalue weighted by molar-refractivity contribution is -0.392. The predicted molar refractivity (Wildman–Crippen MR) is 79.2 cm³/mol. The van der Waals surface area contributed by atoms with Crippen LogP contribution in [0.25, 0.3) is 5.70 Å². The number of rotatable bonds is 4. The number of hydrogen-bond donors (Lipinski definition) is 2. The number of nitrogens with two attached hydrogens (primary N) is 1. The average molecular weight is 304 g/mol. The fourth-order valence-corrected chi connectivity index (χ4v) is 2.64. The Morgan fingerprint density at radius 2 is 2.14 bits per heavy atom. The summed E-state index contributed by atoms with van der Waals surface area (Å²) in [4.78, 5) is 17.7. The molecule has 0 unspecified atom stereocenters. The van der Waals surface area contributed by atoms with E-state index in [1.807, 2.05) is 30.3 Å². The third-order valence-corrected chi connectivity index (χ3v) is 3.66. The van der Waals surface area contributed by atoms with Crippen molar-refractivity contribution in [2.24, 2.45) is 5.84 Å². The summed E-state index contributed by atoms with van der Waals surface area (Å²) in [6, 6.07) is 9.49. The molecule has 8 nitrogen and oxygen atoms in total. The Morgan fingerprint density at radius 1 is 1.38 bits per heavy atom. The molecule has 2 aromatic rings. The number of imidazole rings is 1. The van der Waals surface area contributed by atoms with Crippen LogP contribution in [-0.2, 0) is 6.54 Å². The molecular formula is C12H12N6O2S. The highest BCUT2D eigenvalue weighted by molar-refractivity contribution is 8.00. The van der Waals surface area contributed by atoms with Gasteiger partial charge in [0, 0.05) is 5.41 Å². The Kier molecular flexibility index (Phi) is 3.60. The van der Waals surface area contributed by atoms with Crippen LogP contribution in [0.3, 0.4) is 0 Å². The molecule has 0 radical (unpaired) electrons. The second-order valence-electron chi connectivity index (χ2n) is 4.35. The van der Waals surface area contributed by atoms with Crippen LogP contribution in [0.1, 0.15) is 11.4 Å². The highest BCUT2D eigenvalue weighted by Crippen LogP contribution is 2.27. The molecule has 1 aliphatic heterocycles. The van der Waals surface area contributed by atoms with Gasteiger partial charge in [0.15, 0.2) is 0 Å². The van der Waals surface area contributed by atoms with Gasteiger partial charge < -0.3 is 10.1 Å². The molecule has 0 saturated carbocycles. The zero-order valence-corrected chi connectivity index (χ0v) is 11.7. The van der Waals surface area contributed by atoms with Crippen LogP contribution >= 0.6 is 11.9 Å². The molecule has 3 N–H and O–H groups in total. The zero-order chi connectivity index (χ0) is 14.8. The van der Waals surface area contributed by atoms with Crippen LogP contribution in [-0.4, -0.2) is 19.6 Å². The summed E-state index contributed by atoms with van der Waals surface area (Å²) >= 11 is 1.28. The summed E-state index contributed by atoms with van der Waals surface area (Å²) in [7, 11) is 0. The molecule has 1 aromatic carbocycles. The number of hydrazine groups is 2. The Balaban J connectivity index is 2.03. The van der Waals surface area contributed by atoms with Crippen molar-refractivity contribution >= 4 is 23.5 Å². The van der Waals surface area contributed by atoms with Crippen molar-refractivity contribution in [3.8, 4) is 0 Å². The van der Waals surface area contributed by atoms with Gasteiger partial charge in [-0.05, 0) is 22.4 Å². The Bertz CT molecular complexity index is 699. The van der Waals surface area contributed by atoms with Gasteiger partial charge in [-0.15, -0.1) is 0 Å². The molecule has 0 atom stereocenters. The molecule has 9 heteroatoms. The summed E-state index contributed by atoms with van der Waals surface area (Å²) < 4.78 is 1.54. The largest absolute Gasteiger partial charge is 0.358 e. The molecular weight excluding hydrogens is 292 g/mol. The number of aromatic nitrogens is 2. The Hall–Kier alpha value is -2.36. The van der Waals surface area contributed by atoms with Crippen molar-refractivity contribution < 1.29 is 4.92 Å². The van der Waals surface area contributed by atoms with E-state index in [1.54, 1.807) is 5.41 Å². The third-order valence-electron chi connectivity index (χ3n) is 3.02. The maximum atomic E-state index is 11.2. The lowest BCUT2D eigenvalue weighted by atomic mass is 10.2. The molecule has 108 valence electrons. The van der Waals surface area contributed by atoms with Gasteiger partial charge >= 0.3 is 5.82 Å². The van der Waals surface area contributed by atoms with Gasteiger partial charge in [0.2, 0.25) is 5.82 Å². The van der Waals surface area contributed by atoms with Gasteiger partial charge in [-0.1, -0.05) is 30.3 Å². The third kappa shape index (κ3) is 2.61. The number of benzene rings is 1. The SMILES string of the molecule is NN1NSC=C1c1ncc([N+](=O)[O-])n1Cc1ccccc1. The lowest BCUT2D eigenvalue weighted by Gasteiger charge is -2.13. The normalized spacial score (nSPS) is 14.3. The molecule has 21 heavy (non-hydrogen) atoms. The monoisotopic (exact) mass is 304 g/mol. The lowest BCUT2D eigenvalue weighted by Crippen LogP contribution is -2.35. The van der Waals surface area contributed by atoms with E-state index in [-0.39, 0.29) is 5.82 Å². The van der Waals surface area contributed by atoms with E-state index in [0.717, 1.165) is 5.56 Å². The molecule has 0 aliphatic carbocycles. The van der Waals surface area contributed by atoms with E-state index >= 15 is 0 Å². The molecule has 1 aromatic heterocycles. The first-order valence-electron chi connectivity index (χ1n) is 6.07. The van der Waals surface area contributed by atoms with Crippen molar-refractivity contribution in [1.29, 1.82) is 0 Å². The number of hydrogen-bond acceptors (Lipinski definition) is 7. The van der Waals surface area contributed by atoms with Gasteiger partial charge in [0.05, 0.1) is 0 Å². The minimum Gasteiger partial charge on any atom is -0.358 e.